The number of carbonyl (C=O) groups excluding carboxylic acids is 1. The van der Waals surface area contributed by atoms with Crippen molar-refractivity contribution in [1.29, 1.82) is 0 Å². The number of pyridine rings is 1. The third kappa shape index (κ3) is 5.77. The predicted octanol–water partition coefficient (Wildman–Crippen LogP) is 4.73. The fraction of sp³-hybridized carbons (Fsp3) is 0.240. The largest absolute Gasteiger partial charge is 0.496 e. The smallest absolute Gasteiger partial charge is 0.416 e. The van der Waals surface area contributed by atoms with Crippen molar-refractivity contribution in [3.8, 4) is 17.0 Å². The van der Waals surface area contributed by atoms with Crippen molar-refractivity contribution >= 4 is 29.0 Å². The van der Waals surface area contributed by atoms with E-state index in [1.807, 2.05) is 0 Å². The van der Waals surface area contributed by atoms with Crippen molar-refractivity contribution in [3.05, 3.63) is 65.4 Å². The summed E-state index contributed by atoms with van der Waals surface area (Å²) in [5.41, 5.74) is 4.15. The molecule has 0 atom stereocenters. The minimum absolute atomic E-state index is 0.0733. The Balaban J connectivity index is 1.73. The van der Waals surface area contributed by atoms with Crippen molar-refractivity contribution in [1.82, 2.24) is 19.4 Å². The van der Waals surface area contributed by atoms with Gasteiger partial charge in [-0.1, -0.05) is 0 Å². The number of carboxylic acid groups (broad SMARTS) is 1. The van der Waals surface area contributed by atoms with Crippen LogP contribution in [-0.2, 0) is 17.4 Å². The zero-order chi connectivity index (χ0) is 29.2. The van der Waals surface area contributed by atoms with Gasteiger partial charge in [-0.05, 0) is 37.1 Å². The predicted molar refractivity (Wildman–Crippen MR) is 132 cm³/mol. The summed E-state index contributed by atoms with van der Waals surface area (Å²) in [6, 6.07) is 3.29. The van der Waals surface area contributed by atoms with Crippen LogP contribution in [0, 0.1) is 11.8 Å². The monoisotopic (exact) mass is 564 g/mol. The molecular formula is C25H21F5N6O4. The number of methoxy groups -OCH3 is 1. The van der Waals surface area contributed by atoms with E-state index in [9.17, 15) is 27.2 Å². The molecule has 0 fully saturated rings. The minimum Gasteiger partial charge on any atom is -0.496 e. The lowest BCUT2D eigenvalue weighted by Crippen LogP contribution is -2.15. The number of fused-ring (bicyclic) bond motifs is 1. The molecule has 10 nitrogen and oxygen atoms in total. The third-order valence-electron chi connectivity index (χ3n) is 5.86. The second kappa shape index (κ2) is 11.1. The highest BCUT2D eigenvalue weighted by atomic mass is 19.4. The number of hydrogen-bond donors (Lipinski definition) is 3. The molecule has 0 saturated carbocycles. The van der Waals surface area contributed by atoms with E-state index in [0.29, 0.717) is 12.5 Å². The summed E-state index contributed by atoms with van der Waals surface area (Å²) in [4.78, 5) is 35.4. The van der Waals surface area contributed by atoms with E-state index in [1.165, 1.54) is 7.11 Å². The fourth-order valence-electron chi connectivity index (χ4n) is 4.04. The number of unbranched alkanes of at least 4 members (excludes halogenated alkanes) is 1. The number of halogens is 5. The van der Waals surface area contributed by atoms with E-state index < -0.39 is 41.2 Å². The maximum absolute atomic E-state index is 15.6. The number of nitrogen functional groups attached to an aromatic ring is 1. The van der Waals surface area contributed by atoms with Crippen LogP contribution in [0.4, 0.5) is 33.6 Å². The zero-order valence-corrected chi connectivity index (χ0v) is 20.7. The van der Waals surface area contributed by atoms with Gasteiger partial charge in [-0.2, -0.15) is 17.6 Å². The number of ether oxygens (including phenoxy) is 1. The summed E-state index contributed by atoms with van der Waals surface area (Å²) in [6.07, 6.45) is -2.31. The average molecular weight is 564 g/mol. The number of rotatable bonds is 9. The van der Waals surface area contributed by atoms with E-state index in [2.05, 4.69) is 20.3 Å². The van der Waals surface area contributed by atoms with Crippen molar-refractivity contribution in [3.63, 3.8) is 0 Å². The number of amides is 1. The van der Waals surface area contributed by atoms with Gasteiger partial charge >= 0.3 is 12.1 Å². The summed E-state index contributed by atoms with van der Waals surface area (Å²) in [5, 5.41) is 11.0. The second-order valence-electron chi connectivity index (χ2n) is 8.54. The number of carboxylic acids is 1. The van der Waals surface area contributed by atoms with E-state index in [1.54, 1.807) is 0 Å². The zero-order valence-electron chi connectivity index (χ0n) is 20.7. The van der Waals surface area contributed by atoms with Gasteiger partial charge in [0.05, 0.1) is 24.4 Å². The lowest BCUT2D eigenvalue weighted by Gasteiger charge is -2.12. The molecule has 0 saturated heterocycles. The molecule has 0 spiro atoms. The minimum atomic E-state index is -4.67. The number of anilines is 2. The molecule has 4 aromatic rings. The Bertz CT molecular complexity index is 1610. The number of imidazole rings is 1. The van der Waals surface area contributed by atoms with Gasteiger partial charge in [0.15, 0.2) is 0 Å². The van der Waals surface area contributed by atoms with Crippen molar-refractivity contribution in [2.45, 2.75) is 31.9 Å². The number of benzene rings is 1. The highest BCUT2D eigenvalue weighted by molar-refractivity contribution is 6.05. The van der Waals surface area contributed by atoms with Gasteiger partial charge < -0.3 is 20.9 Å². The molecule has 1 aromatic carbocycles. The molecule has 0 unspecified atom stereocenters. The van der Waals surface area contributed by atoms with Crippen LogP contribution in [0.5, 0.6) is 5.75 Å². The lowest BCUT2D eigenvalue weighted by atomic mass is 10.0. The third-order valence-corrected chi connectivity index (χ3v) is 5.86. The maximum atomic E-state index is 15.6. The van der Waals surface area contributed by atoms with Gasteiger partial charge in [0.1, 0.15) is 40.2 Å². The van der Waals surface area contributed by atoms with E-state index in [0.717, 1.165) is 35.0 Å². The Kier molecular flexibility index (Phi) is 7.84. The number of aliphatic carboxylic acids is 1. The summed E-state index contributed by atoms with van der Waals surface area (Å²) in [5.74, 6) is -4.51. The summed E-state index contributed by atoms with van der Waals surface area (Å²) >= 11 is 0. The standard InChI is InChI=1S/C25H21F5N6O4/c1-40-15-9-12(24(39)34-17-10-13(6-7-32-17)25(28,29)30)8-14(26)20(15)21-22-23(31)33-11-16(27)36(22)18(35-21)4-2-3-5-19(37)38/h6-11H,2-5H2,1H3,(H2,31,33)(H,37,38)(H,32,34,39). The van der Waals surface area contributed by atoms with Gasteiger partial charge in [-0.25, -0.2) is 19.3 Å². The van der Waals surface area contributed by atoms with Crippen LogP contribution in [0.3, 0.4) is 0 Å². The van der Waals surface area contributed by atoms with Crippen molar-refractivity contribution < 1.29 is 41.4 Å². The first kappa shape index (κ1) is 28.2. The summed E-state index contributed by atoms with van der Waals surface area (Å²) in [7, 11) is 1.18. The Hall–Kier alpha value is -4.82. The number of nitrogens with zero attached hydrogens (tertiary/aromatic N) is 4. The Morgan fingerprint density at radius 1 is 1.15 bits per heavy atom. The molecule has 1 amide bonds. The quantitative estimate of drug-likeness (QED) is 0.196. The summed E-state index contributed by atoms with van der Waals surface area (Å²) in [6.45, 7) is 0. The normalized spacial score (nSPS) is 11.6. The first-order chi connectivity index (χ1) is 18.9. The highest BCUT2D eigenvalue weighted by Crippen LogP contribution is 2.38. The Morgan fingerprint density at radius 3 is 2.58 bits per heavy atom. The number of nitrogens with one attached hydrogen (secondary N) is 1. The van der Waals surface area contributed by atoms with Crippen LogP contribution in [0.2, 0.25) is 0 Å². The van der Waals surface area contributed by atoms with Crippen LogP contribution in [0.15, 0.2) is 36.7 Å². The lowest BCUT2D eigenvalue weighted by molar-refractivity contribution is -0.138. The number of aryl methyl sites for hydroxylation is 1. The van der Waals surface area contributed by atoms with Gasteiger partial charge in [0.25, 0.3) is 5.91 Å². The van der Waals surface area contributed by atoms with Crippen LogP contribution in [0.25, 0.3) is 16.8 Å². The van der Waals surface area contributed by atoms with Crippen molar-refractivity contribution in [2.24, 2.45) is 0 Å². The number of nitrogens with two attached hydrogens (primary N) is 1. The maximum Gasteiger partial charge on any atom is 0.416 e. The first-order valence-electron chi connectivity index (χ1n) is 11.7. The topological polar surface area (TPSA) is 145 Å². The molecule has 4 rings (SSSR count). The Labute approximate surface area is 222 Å². The van der Waals surface area contributed by atoms with Crippen molar-refractivity contribution in [2.75, 3.05) is 18.2 Å². The molecule has 3 aromatic heterocycles. The molecule has 210 valence electrons. The molecule has 0 aliphatic carbocycles. The second-order valence-corrected chi connectivity index (χ2v) is 8.54. The molecular weight excluding hydrogens is 543 g/mol. The number of aromatic nitrogens is 4. The first-order valence-corrected chi connectivity index (χ1v) is 11.7. The fourth-order valence-corrected chi connectivity index (χ4v) is 4.04. The molecule has 15 heteroatoms. The van der Waals surface area contributed by atoms with E-state index in [4.69, 9.17) is 15.6 Å². The van der Waals surface area contributed by atoms with Crippen LogP contribution in [-0.4, -0.2) is 43.4 Å². The van der Waals surface area contributed by atoms with Gasteiger partial charge in [0, 0.05) is 24.6 Å². The molecule has 0 aliphatic rings. The Morgan fingerprint density at radius 2 is 1.90 bits per heavy atom. The number of carbonyl (C=O) groups is 2. The SMILES string of the molecule is COc1cc(C(=O)Nc2cc(C(F)(F)F)ccn2)cc(F)c1-c1nc(CCCCC(=O)O)n2c(F)cnc(N)c12. The van der Waals surface area contributed by atoms with Crippen LogP contribution in [0.1, 0.15) is 41.0 Å². The van der Waals surface area contributed by atoms with E-state index >= 15 is 4.39 Å². The highest BCUT2D eigenvalue weighted by Gasteiger charge is 2.31. The molecule has 4 N–H and O–H groups in total. The number of alkyl halides is 3. The van der Waals surface area contributed by atoms with Crippen LogP contribution < -0.4 is 15.8 Å². The average Bonchev–Trinajstić information content (AvgIpc) is 3.28. The molecule has 0 radical (unpaired) electrons. The molecule has 0 aliphatic heterocycles. The number of hydrogen-bond acceptors (Lipinski definition) is 7. The van der Waals surface area contributed by atoms with Gasteiger partial charge in [0.2, 0.25) is 5.95 Å². The van der Waals surface area contributed by atoms with Gasteiger partial charge in [-0.3, -0.25) is 14.0 Å². The van der Waals surface area contributed by atoms with Crippen LogP contribution >= 0.6 is 0 Å². The van der Waals surface area contributed by atoms with Gasteiger partial charge in [-0.15, -0.1) is 0 Å². The molecule has 0 bridgehead atoms. The molecule has 40 heavy (non-hydrogen) atoms. The van der Waals surface area contributed by atoms with E-state index in [-0.39, 0.29) is 59.0 Å². The molecule has 3 heterocycles. The summed E-state index contributed by atoms with van der Waals surface area (Å²) < 4.78 is 75.7.